The van der Waals surface area contributed by atoms with Gasteiger partial charge in [-0.3, -0.25) is 19.5 Å². The zero-order valence-electron chi connectivity index (χ0n) is 16.5. The number of carbonyl (C=O) groups is 1. The monoisotopic (exact) mass is 413 g/mol. The van der Waals surface area contributed by atoms with Crippen molar-refractivity contribution >= 4 is 17.5 Å². The van der Waals surface area contributed by atoms with E-state index in [2.05, 4.69) is 15.3 Å². The van der Waals surface area contributed by atoms with E-state index in [1.807, 2.05) is 9.80 Å². The van der Waals surface area contributed by atoms with Crippen LogP contribution in [0.25, 0.3) is 0 Å². The Labute approximate surface area is 172 Å². The number of H-pyrrole nitrogens is 1. The second-order valence-corrected chi connectivity index (χ2v) is 7.49. The maximum Gasteiger partial charge on any atom is 0.257 e. The first kappa shape index (κ1) is 18.9. The van der Waals surface area contributed by atoms with E-state index < -0.39 is 0 Å². The van der Waals surface area contributed by atoms with Gasteiger partial charge in [-0.2, -0.15) is 0 Å². The van der Waals surface area contributed by atoms with Crippen molar-refractivity contribution in [2.75, 3.05) is 56.4 Å². The summed E-state index contributed by atoms with van der Waals surface area (Å²) in [7, 11) is 0. The van der Waals surface area contributed by atoms with Crippen molar-refractivity contribution in [2.45, 2.75) is 13.0 Å². The van der Waals surface area contributed by atoms with Crippen LogP contribution in [0.4, 0.5) is 11.6 Å². The summed E-state index contributed by atoms with van der Waals surface area (Å²) in [4.78, 5) is 36.7. The number of ether oxygens (including phenoxy) is 3. The number of anilines is 2. The van der Waals surface area contributed by atoms with Gasteiger partial charge in [0.2, 0.25) is 18.6 Å². The number of amides is 1. The molecular weight excluding hydrogens is 390 g/mol. The van der Waals surface area contributed by atoms with Gasteiger partial charge >= 0.3 is 0 Å². The number of hydrogen-bond acceptors (Lipinski definition) is 8. The molecule has 0 bridgehead atoms. The molecule has 0 spiro atoms. The largest absolute Gasteiger partial charge is 0.454 e. The summed E-state index contributed by atoms with van der Waals surface area (Å²) in [6, 6.07) is 5.29. The van der Waals surface area contributed by atoms with Crippen molar-refractivity contribution < 1.29 is 19.0 Å². The van der Waals surface area contributed by atoms with Crippen LogP contribution in [0.5, 0.6) is 11.5 Å². The minimum absolute atomic E-state index is 0.137. The van der Waals surface area contributed by atoms with Crippen molar-refractivity contribution in [3.05, 3.63) is 39.8 Å². The molecule has 1 saturated heterocycles. The Morgan fingerprint density at radius 3 is 2.87 bits per heavy atom. The van der Waals surface area contributed by atoms with Crippen LogP contribution in [0.15, 0.2) is 23.0 Å². The van der Waals surface area contributed by atoms with Crippen molar-refractivity contribution in [1.29, 1.82) is 0 Å². The molecule has 1 aromatic carbocycles. The molecule has 0 saturated carbocycles. The first-order valence-corrected chi connectivity index (χ1v) is 10.0. The molecule has 2 N–H and O–H groups in total. The number of morpholine rings is 1. The van der Waals surface area contributed by atoms with E-state index in [9.17, 15) is 9.59 Å². The summed E-state index contributed by atoms with van der Waals surface area (Å²) < 4.78 is 16.0. The normalized spacial score (nSPS) is 18.2. The lowest BCUT2D eigenvalue weighted by molar-refractivity contribution is -0.117. The molecule has 0 radical (unpaired) electrons. The highest BCUT2D eigenvalue weighted by molar-refractivity contribution is 5.92. The third kappa shape index (κ3) is 3.83. The van der Waals surface area contributed by atoms with Gasteiger partial charge in [0.1, 0.15) is 0 Å². The number of aromatic nitrogens is 2. The highest BCUT2D eigenvalue weighted by Gasteiger charge is 2.24. The zero-order chi connectivity index (χ0) is 20.5. The molecule has 30 heavy (non-hydrogen) atoms. The predicted octanol–water partition coefficient (Wildman–Crippen LogP) is 0.332. The summed E-state index contributed by atoms with van der Waals surface area (Å²) >= 11 is 0. The Kier molecular flexibility index (Phi) is 5.01. The molecule has 158 valence electrons. The topological polar surface area (TPSA) is 109 Å². The molecule has 10 heteroatoms. The van der Waals surface area contributed by atoms with Crippen LogP contribution in [-0.4, -0.2) is 67.0 Å². The number of nitrogens with one attached hydrogen (secondary N) is 2. The van der Waals surface area contributed by atoms with Crippen molar-refractivity contribution in [1.82, 2.24) is 14.9 Å². The average Bonchev–Trinajstić information content (AvgIpc) is 3.22. The summed E-state index contributed by atoms with van der Waals surface area (Å²) in [5.74, 6) is 1.75. The molecule has 10 nitrogen and oxygen atoms in total. The third-order valence-electron chi connectivity index (χ3n) is 5.47. The lowest BCUT2D eigenvalue weighted by Gasteiger charge is -2.30. The van der Waals surface area contributed by atoms with Gasteiger partial charge in [-0.05, 0) is 12.1 Å². The molecule has 0 atom stereocenters. The Hall–Kier alpha value is -3.11. The van der Waals surface area contributed by atoms with Gasteiger partial charge in [-0.25, -0.2) is 4.98 Å². The van der Waals surface area contributed by atoms with Crippen LogP contribution in [0.3, 0.4) is 0 Å². The Morgan fingerprint density at radius 1 is 1.17 bits per heavy atom. The molecule has 1 aromatic heterocycles. The second-order valence-electron chi connectivity index (χ2n) is 7.49. The van der Waals surface area contributed by atoms with Crippen LogP contribution < -0.4 is 25.2 Å². The third-order valence-corrected chi connectivity index (χ3v) is 5.47. The summed E-state index contributed by atoms with van der Waals surface area (Å²) in [6.45, 7) is 4.15. The lowest BCUT2D eigenvalue weighted by atomic mass is 10.1. The fourth-order valence-electron chi connectivity index (χ4n) is 3.91. The van der Waals surface area contributed by atoms with Gasteiger partial charge in [-0.15, -0.1) is 0 Å². The summed E-state index contributed by atoms with van der Waals surface area (Å²) in [5.41, 5.74) is 1.96. The van der Waals surface area contributed by atoms with Gasteiger partial charge in [0.25, 0.3) is 5.56 Å². The van der Waals surface area contributed by atoms with E-state index in [0.29, 0.717) is 74.5 Å². The first-order chi connectivity index (χ1) is 14.7. The molecule has 2 aromatic rings. The van der Waals surface area contributed by atoms with E-state index in [-0.39, 0.29) is 24.8 Å². The number of rotatable bonds is 4. The zero-order valence-corrected chi connectivity index (χ0v) is 16.5. The molecule has 1 fully saturated rings. The van der Waals surface area contributed by atoms with E-state index in [4.69, 9.17) is 14.2 Å². The smallest absolute Gasteiger partial charge is 0.257 e. The second kappa shape index (κ2) is 7.96. The van der Waals surface area contributed by atoms with Gasteiger partial charge in [0.05, 0.1) is 31.0 Å². The lowest BCUT2D eigenvalue weighted by Crippen LogP contribution is -2.42. The van der Waals surface area contributed by atoms with Gasteiger partial charge in [0, 0.05) is 44.4 Å². The fourth-order valence-corrected chi connectivity index (χ4v) is 3.91. The Balaban J connectivity index is 1.23. The standard InChI is InChI=1S/C20H23N5O5/c26-18(21-13-1-2-16-17(9-13)30-12-29-16)11-24-4-3-15-14(10-24)19(27)23-20(22-15)25-5-7-28-8-6-25/h1-2,9H,3-8,10-12H2,(H,21,26)(H,22,23,27). The SMILES string of the molecule is O=C(CN1CCc2nc(N3CCOCC3)[nH]c(=O)c2C1)Nc1ccc2c(c1)OCO2. The van der Waals surface area contributed by atoms with Gasteiger partial charge in [0.15, 0.2) is 11.5 Å². The highest BCUT2D eigenvalue weighted by atomic mass is 16.7. The maximum absolute atomic E-state index is 12.7. The van der Waals surface area contributed by atoms with Crippen LogP contribution in [-0.2, 0) is 22.5 Å². The van der Waals surface area contributed by atoms with Crippen LogP contribution in [0.2, 0.25) is 0 Å². The molecule has 3 aliphatic rings. The molecule has 3 aliphatic heterocycles. The molecular formula is C20H23N5O5. The quantitative estimate of drug-likeness (QED) is 0.738. The summed E-state index contributed by atoms with van der Waals surface area (Å²) in [6.07, 6.45) is 0.633. The van der Waals surface area contributed by atoms with Crippen molar-refractivity contribution in [3.8, 4) is 11.5 Å². The molecule has 0 unspecified atom stereocenters. The molecule has 1 amide bonds. The number of benzene rings is 1. The molecule has 4 heterocycles. The van der Waals surface area contributed by atoms with Crippen LogP contribution in [0, 0.1) is 0 Å². The van der Waals surface area contributed by atoms with Crippen molar-refractivity contribution in [3.63, 3.8) is 0 Å². The number of carbonyl (C=O) groups excluding carboxylic acids is 1. The molecule has 5 rings (SSSR count). The maximum atomic E-state index is 12.7. The Bertz CT molecular complexity index is 1020. The summed E-state index contributed by atoms with van der Waals surface area (Å²) in [5, 5.41) is 2.87. The number of aromatic amines is 1. The van der Waals surface area contributed by atoms with Crippen LogP contribution in [0.1, 0.15) is 11.3 Å². The Morgan fingerprint density at radius 2 is 2.00 bits per heavy atom. The van der Waals surface area contributed by atoms with Gasteiger partial charge < -0.3 is 24.4 Å². The fraction of sp³-hybridized carbons (Fsp3) is 0.450. The van der Waals surface area contributed by atoms with E-state index in [0.717, 1.165) is 5.69 Å². The predicted molar refractivity (Wildman–Crippen MR) is 108 cm³/mol. The number of nitrogens with zero attached hydrogens (tertiary/aromatic N) is 3. The number of fused-ring (bicyclic) bond motifs is 2. The molecule has 0 aliphatic carbocycles. The van der Waals surface area contributed by atoms with Crippen molar-refractivity contribution in [2.24, 2.45) is 0 Å². The van der Waals surface area contributed by atoms with E-state index in [1.54, 1.807) is 18.2 Å². The first-order valence-electron chi connectivity index (χ1n) is 10.0. The van der Waals surface area contributed by atoms with E-state index >= 15 is 0 Å². The minimum Gasteiger partial charge on any atom is -0.454 e. The average molecular weight is 413 g/mol. The van der Waals surface area contributed by atoms with Crippen LogP contribution >= 0.6 is 0 Å². The highest BCUT2D eigenvalue weighted by Crippen LogP contribution is 2.34. The minimum atomic E-state index is -0.147. The number of hydrogen-bond donors (Lipinski definition) is 2. The van der Waals surface area contributed by atoms with Gasteiger partial charge in [-0.1, -0.05) is 0 Å². The van der Waals surface area contributed by atoms with E-state index in [1.165, 1.54) is 0 Å².